The van der Waals surface area contributed by atoms with Gasteiger partial charge in [-0.1, -0.05) is 0 Å². The van der Waals surface area contributed by atoms with Gasteiger partial charge in [-0.2, -0.15) is 0 Å². The number of ketones is 1. The summed E-state index contributed by atoms with van der Waals surface area (Å²) in [6.45, 7) is 3.50. The Morgan fingerprint density at radius 2 is 1.68 bits per heavy atom. The molecule has 0 spiro atoms. The van der Waals surface area contributed by atoms with Crippen molar-refractivity contribution in [1.82, 2.24) is 5.32 Å². The van der Waals surface area contributed by atoms with Gasteiger partial charge in [-0.05, 0) is 31.4 Å². The molecule has 1 aromatic carbocycles. The van der Waals surface area contributed by atoms with E-state index in [1.807, 2.05) is 0 Å². The van der Waals surface area contributed by atoms with Crippen molar-refractivity contribution in [3.8, 4) is 17.2 Å². The van der Waals surface area contributed by atoms with Crippen LogP contribution in [0.25, 0.3) is 0 Å². The summed E-state index contributed by atoms with van der Waals surface area (Å²) in [5.74, 6) is 1.12. The molecule has 0 saturated carbocycles. The summed E-state index contributed by atoms with van der Waals surface area (Å²) >= 11 is 0. The van der Waals surface area contributed by atoms with E-state index >= 15 is 0 Å². The van der Waals surface area contributed by atoms with E-state index in [9.17, 15) is 9.59 Å². The van der Waals surface area contributed by atoms with Crippen molar-refractivity contribution < 1.29 is 23.8 Å². The molecule has 1 rings (SSSR count). The zero-order chi connectivity index (χ0) is 16.7. The molecule has 22 heavy (non-hydrogen) atoms. The molecule has 0 bridgehead atoms. The summed E-state index contributed by atoms with van der Waals surface area (Å²) in [5.41, 5.74) is 1.30. The van der Waals surface area contributed by atoms with Gasteiger partial charge in [0.2, 0.25) is 11.7 Å². The van der Waals surface area contributed by atoms with E-state index < -0.39 is 0 Å². The number of aryl methyl sites for hydroxylation is 1. The molecule has 6 heteroatoms. The van der Waals surface area contributed by atoms with Crippen molar-refractivity contribution in [1.29, 1.82) is 0 Å². The number of methoxy groups -OCH3 is 3. The second kappa shape index (κ2) is 8.26. The molecule has 0 fully saturated rings. The van der Waals surface area contributed by atoms with Crippen LogP contribution in [0.1, 0.15) is 36.2 Å². The second-order valence-electron chi connectivity index (χ2n) is 4.82. The van der Waals surface area contributed by atoms with E-state index in [2.05, 4.69) is 5.32 Å². The number of benzene rings is 1. The van der Waals surface area contributed by atoms with E-state index in [1.54, 1.807) is 6.07 Å². The van der Waals surface area contributed by atoms with E-state index in [1.165, 1.54) is 35.2 Å². The number of Topliss-reactive ketones (excluding diaryl/α,β-unsaturated/α-hetero) is 1. The highest BCUT2D eigenvalue weighted by Gasteiger charge is 2.22. The van der Waals surface area contributed by atoms with Crippen LogP contribution in [0, 0.1) is 0 Å². The van der Waals surface area contributed by atoms with E-state index in [4.69, 9.17) is 14.2 Å². The van der Waals surface area contributed by atoms with Crippen molar-refractivity contribution in [2.45, 2.75) is 26.7 Å². The first-order chi connectivity index (χ1) is 10.5. The quantitative estimate of drug-likeness (QED) is 0.587. The maximum absolute atomic E-state index is 12.0. The summed E-state index contributed by atoms with van der Waals surface area (Å²) in [4.78, 5) is 22.9. The first-order valence-electron chi connectivity index (χ1n) is 7.03. The maximum atomic E-state index is 12.0. The average Bonchev–Trinajstić information content (AvgIpc) is 2.49. The minimum Gasteiger partial charge on any atom is -0.493 e. The van der Waals surface area contributed by atoms with E-state index in [0.29, 0.717) is 42.2 Å². The molecule has 1 aromatic rings. The van der Waals surface area contributed by atoms with Gasteiger partial charge in [0.25, 0.3) is 0 Å². The zero-order valence-electron chi connectivity index (χ0n) is 13.7. The Bertz CT molecular complexity index is 554. The van der Waals surface area contributed by atoms with Crippen LogP contribution in [0.3, 0.4) is 0 Å². The Morgan fingerprint density at radius 3 is 2.14 bits per heavy atom. The highest BCUT2D eigenvalue weighted by molar-refractivity contribution is 5.99. The third-order valence-corrected chi connectivity index (χ3v) is 3.26. The molecule has 0 heterocycles. The molecule has 1 amide bonds. The fourth-order valence-corrected chi connectivity index (χ4v) is 2.33. The lowest BCUT2D eigenvalue weighted by molar-refractivity contribution is -0.118. The van der Waals surface area contributed by atoms with Gasteiger partial charge in [-0.25, -0.2) is 0 Å². The summed E-state index contributed by atoms with van der Waals surface area (Å²) in [6.07, 6.45) is 1.32. The third kappa shape index (κ3) is 4.13. The van der Waals surface area contributed by atoms with E-state index in [-0.39, 0.29) is 11.7 Å². The predicted molar refractivity (Wildman–Crippen MR) is 83.1 cm³/mol. The number of ether oxygens (including phenoxy) is 3. The Labute approximate surface area is 130 Å². The molecular formula is C16H23NO5. The summed E-state index contributed by atoms with van der Waals surface area (Å²) in [7, 11) is 4.53. The molecule has 0 aliphatic rings. The maximum Gasteiger partial charge on any atom is 0.216 e. The predicted octanol–water partition coefficient (Wildman–Crippen LogP) is 1.98. The molecule has 0 radical (unpaired) electrons. The van der Waals surface area contributed by atoms with Gasteiger partial charge in [-0.15, -0.1) is 0 Å². The lowest BCUT2D eigenvalue weighted by atomic mass is 9.97. The number of hydrogen-bond acceptors (Lipinski definition) is 5. The molecule has 0 aliphatic carbocycles. The minimum absolute atomic E-state index is 0.0725. The number of rotatable bonds is 8. The van der Waals surface area contributed by atoms with Crippen LogP contribution >= 0.6 is 0 Å². The highest BCUT2D eigenvalue weighted by Crippen LogP contribution is 2.42. The normalized spacial score (nSPS) is 10.0. The summed E-state index contributed by atoms with van der Waals surface area (Å²) in [5, 5.41) is 2.73. The Kier molecular flexibility index (Phi) is 6.69. The largest absolute Gasteiger partial charge is 0.493 e. The first-order valence-corrected chi connectivity index (χ1v) is 7.03. The Hall–Kier alpha value is -2.24. The molecule has 0 saturated heterocycles. The third-order valence-electron chi connectivity index (χ3n) is 3.26. The summed E-state index contributed by atoms with van der Waals surface area (Å²) < 4.78 is 16.0. The lowest BCUT2D eigenvalue weighted by Gasteiger charge is -2.18. The minimum atomic E-state index is -0.104. The van der Waals surface area contributed by atoms with Crippen LogP contribution in [-0.2, 0) is 11.2 Å². The molecule has 6 nitrogen and oxygen atoms in total. The molecule has 0 aromatic heterocycles. The number of hydrogen-bond donors (Lipinski definition) is 1. The first kappa shape index (κ1) is 17.8. The van der Waals surface area contributed by atoms with Gasteiger partial charge in [0.1, 0.15) is 0 Å². The van der Waals surface area contributed by atoms with Gasteiger partial charge in [0.05, 0.1) is 26.9 Å². The van der Waals surface area contributed by atoms with Crippen molar-refractivity contribution >= 4 is 11.7 Å². The van der Waals surface area contributed by atoms with E-state index in [0.717, 1.165) is 5.56 Å². The molecule has 0 atom stereocenters. The van der Waals surface area contributed by atoms with Crippen LogP contribution in [0.15, 0.2) is 6.07 Å². The van der Waals surface area contributed by atoms with Gasteiger partial charge in [0, 0.05) is 13.5 Å². The zero-order valence-corrected chi connectivity index (χ0v) is 13.7. The monoisotopic (exact) mass is 309 g/mol. The molecule has 0 aliphatic heterocycles. The fraction of sp³-hybridized carbons (Fsp3) is 0.500. The molecule has 1 N–H and O–H groups in total. The van der Waals surface area contributed by atoms with Crippen LogP contribution in [0.4, 0.5) is 0 Å². The number of carbonyl (C=O) groups excluding carboxylic acids is 2. The van der Waals surface area contributed by atoms with Gasteiger partial charge < -0.3 is 19.5 Å². The Balaban J connectivity index is 3.18. The van der Waals surface area contributed by atoms with Crippen LogP contribution in [0.2, 0.25) is 0 Å². The number of nitrogens with one attached hydrogen (secondary N) is 1. The van der Waals surface area contributed by atoms with Gasteiger partial charge in [0.15, 0.2) is 17.3 Å². The van der Waals surface area contributed by atoms with Crippen LogP contribution < -0.4 is 19.5 Å². The van der Waals surface area contributed by atoms with Crippen LogP contribution in [-0.4, -0.2) is 39.6 Å². The topological polar surface area (TPSA) is 73.9 Å². The van der Waals surface area contributed by atoms with Gasteiger partial charge in [-0.3, -0.25) is 9.59 Å². The highest BCUT2D eigenvalue weighted by atomic mass is 16.5. The van der Waals surface area contributed by atoms with Crippen LogP contribution in [0.5, 0.6) is 17.2 Å². The SMILES string of the molecule is COc1cc(CCCNC(C)=O)c(C(C)=O)c(OC)c1OC. The average molecular weight is 309 g/mol. The molecule has 0 unspecified atom stereocenters. The summed E-state index contributed by atoms with van der Waals surface area (Å²) in [6, 6.07) is 1.78. The standard InChI is InChI=1S/C16H23NO5/c1-10(18)14-12(7-6-8-17-11(2)19)9-13(20-3)15(21-4)16(14)22-5/h9H,6-8H2,1-5H3,(H,17,19). The lowest BCUT2D eigenvalue weighted by Crippen LogP contribution is -2.21. The second-order valence-corrected chi connectivity index (χ2v) is 4.82. The smallest absolute Gasteiger partial charge is 0.216 e. The van der Waals surface area contributed by atoms with Crippen molar-refractivity contribution in [3.63, 3.8) is 0 Å². The number of carbonyl (C=O) groups is 2. The van der Waals surface area contributed by atoms with Crippen molar-refractivity contribution in [2.75, 3.05) is 27.9 Å². The van der Waals surface area contributed by atoms with Crippen molar-refractivity contribution in [3.05, 3.63) is 17.2 Å². The number of amides is 1. The molecule has 122 valence electrons. The Morgan fingerprint density at radius 1 is 1.05 bits per heavy atom. The molecular weight excluding hydrogens is 286 g/mol. The fourth-order valence-electron chi connectivity index (χ4n) is 2.33. The van der Waals surface area contributed by atoms with Crippen molar-refractivity contribution in [2.24, 2.45) is 0 Å². The van der Waals surface area contributed by atoms with Gasteiger partial charge >= 0.3 is 0 Å².